The molecule has 0 atom stereocenters. The Bertz CT molecular complexity index is 1140. The van der Waals surface area contributed by atoms with Crippen molar-refractivity contribution in [1.29, 1.82) is 5.26 Å². The molecule has 0 saturated heterocycles. The Kier molecular flexibility index (Phi) is 5.23. The lowest BCUT2D eigenvalue weighted by Crippen LogP contribution is -1.93. The van der Waals surface area contributed by atoms with Crippen LogP contribution >= 0.6 is 11.3 Å². The number of rotatable bonds is 5. The summed E-state index contributed by atoms with van der Waals surface area (Å²) in [6, 6.07) is 27.8. The van der Waals surface area contributed by atoms with Crippen molar-refractivity contribution in [3.05, 3.63) is 95.4 Å². The van der Waals surface area contributed by atoms with Crippen molar-refractivity contribution in [3.8, 4) is 28.5 Å². The molecule has 4 rings (SSSR count). The highest BCUT2D eigenvalue weighted by Gasteiger charge is 2.05. The average Bonchev–Trinajstić information content (AvgIpc) is 3.24. The molecule has 1 N–H and O–H groups in total. The van der Waals surface area contributed by atoms with Crippen molar-refractivity contribution in [3.63, 3.8) is 0 Å². The molecule has 5 heteroatoms. The van der Waals surface area contributed by atoms with Gasteiger partial charge in [0.1, 0.15) is 0 Å². The molecule has 0 aliphatic heterocycles. The van der Waals surface area contributed by atoms with Crippen molar-refractivity contribution in [2.24, 2.45) is 5.10 Å². The molecule has 0 aliphatic rings. The molecule has 28 heavy (non-hydrogen) atoms. The SMILES string of the molecule is N#Cc1ccc(-c2ccccc2C=NNc2nc(-c3ccccc3)cs2)cc1. The zero-order valence-electron chi connectivity index (χ0n) is 14.9. The van der Waals surface area contributed by atoms with E-state index in [2.05, 4.69) is 21.6 Å². The fraction of sp³-hybridized carbons (Fsp3) is 0. The van der Waals surface area contributed by atoms with Gasteiger partial charge in [-0.3, -0.25) is 5.43 Å². The third kappa shape index (κ3) is 3.98. The van der Waals surface area contributed by atoms with E-state index in [4.69, 9.17) is 5.26 Å². The number of nitrogens with zero attached hydrogens (tertiary/aromatic N) is 3. The molecule has 0 unspecified atom stereocenters. The molecule has 4 aromatic rings. The summed E-state index contributed by atoms with van der Waals surface area (Å²) in [5.41, 5.74) is 8.76. The number of thiazole rings is 1. The summed E-state index contributed by atoms with van der Waals surface area (Å²) in [6.45, 7) is 0. The molecular weight excluding hydrogens is 364 g/mol. The highest BCUT2D eigenvalue weighted by atomic mass is 32.1. The smallest absolute Gasteiger partial charge is 0.203 e. The molecule has 4 nitrogen and oxygen atoms in total. The number of aromatic nitrogens is 1. The zero-order valence-corrected chi connectivity index (χ0v) is 15.7. The lowest BCUT2D eigenvalue weighted by molar-refractivity contribution is 1.29. The van der Waals surface area contributed by atoms with E-state index < -0.39 is 0 Å². The first-order valence-electron chi connectivity index (χ1n) is 8.73. The van der Waals surface area contributed by atoms with Crippen LogP contribution in [0.5, 0.6) is 0 Å². The van der Waals surface area contributed by atoms with Crippen LogP contribution < -0.4 is 5.43 Å². The van der Waals surface area contributed by atoms with Crippen molar-refractivity contribution in [2.75, 3.05) is 5.43 Å². The van der Waals surface area contributed by atoms with E-state index >= 15 is 0 Å². The Morgan fingerprint density at radius 2 is 1.64 bits per heavy atom. The van der Waals surface area contributed by atoms with Crippen LogP contribution in [-0.2, 0) is 0 Å². The van der Waals surface area contributed by atoms with Gasteiger partial charge in [0.25, 0.3) is 0 Å². The zero-order chi connectivity index (χ0) is 19.2. The summed E-state index contributed by atoms with van der Waals surface area (Å²) < 4.78 is 0. The minimum atomic E-state index is 0.648. The first-order chi connectivity index (χ1) is 13.8. The highest BCUT2D eigenvalue weighted by molar-refractivity contribution is 7.14. The Morgan fingerprint density at radius 1 is 0.893 bits per heavy atom. The maximum absolute atomic E-state index is 8.97. The molecule has 134 valence electrons. The normalized spacial score (nSPS) is 10.7. The predicted molar refractivity (Wildman–Crippen MR) is 115 cm³/mol. The summed E-state index contributed by atoms with van der Waals surface area (Å²) in [5.74, 6) is 0. The van der Waals surface area contributed by atoms with Crippen LogP contribution in [0.2, 0.25) is 0 Å². The molecule has 1 heterocycles. The largest absolute Gasteiger partial charge is 0.253 e. The lowest BCUT2D eigenvalue weighted by Gasteiger charge is -2.06. The van der Waals surface area contributed by atoms with Gasteiger partial charge in [-0.15, -0.1) is 11.3 Å². The summed E-state index contributed by atoms with van der Waals surface area (Å²) >= 11 is 1.52. The molecule has 0 radical (unpaired) electrons. The van der Waals surface area contributed by atoms with Gasteiger partial charge in [-0.2, -0.15) is 10.4 Å². The quantitative estimate of drug-likeness (QED) is 0.352. The monoisotopic (exact) mass is 380 g/mol. The highest BCUT2D eigenvalue weighted by Crippen LogP contribution is 2.25. The number of hydrogen-bond donors (Lipinski definition) is 1. The molecule has 1 aromatic heterocycles. The molecule has 0 aliphatic carbocycles. The molecule has 0 spiro atoms. The van der Waals surface area contributed by atoms with E-state index in [0.29, 0.717) is 5.56 Å². The van der Waals surface area contributed by atoms with Gasteiger partial charge in [-0.05, 0) is 23.3 Å². The van der Waals surface area contributed by atoms with Gasteiger partial charge >= 0.3 is 0 Å². The Morgan fingerprint density at radius 3 is 2.43 bits per heavy atom. The summed E-state index contributed by atoms with van der Waals surface area (Å²) in [4.78, 5) is 4.57. The van der Waals surface area contributed by atoms with E-state index in [0.717, 1.165) is 33.1 Å². The molecule has 3 aromatic carbocycles. The van der Waals surface area contributed by atoms with Crippen molar-refractivity contribution in [1.82, 2.24) is 4.98 Å². The number of hydrazone groups is 1. The number of benzene rings is 3. The maximum Gasteiger partial charge on any atom is 0.203 e. The molecule has 0 amide bonds. The number of anilines is 1. The van der Waals surface area contributed by atoms with Gasteiger partial charge in [0, 0.05) is 16.5 Å². The number of hydrogen-bond acceptors (Lipinski definition) is 5. The second kappa shape index (κ2) is 8.30. The summed E-state index contributed by atoms with van der Waals surface area (Å²) in [7, 11) is 0. The van der Waals surface area contributed by atoms with Gasteiger partial charge in [0.15, 0.2) is 0 Å². The van der Waals surface area contributed by atoms with Gasteiger partial charge in [0.05, 0.1) is 23.5 Å². The first kappa shape index (κ1) is 17.7. The van der Waals surface area contributed by atoms with E-state index in [1.54, 1.807) is 6.21 Å². The molecule has 0 saturated carbocycles. The topological polar surface area (TPSA) is 61.1 Å². The van der Waals surface area contributed by atoms with Crippen molar-refractivity contribution < 1.29 is 0 Å². The molecular formula is C23H16N4S. The third-order valence-electron chi connectivity index (χ3n) is 4.22. The van der Waals surface area contributed by atoms with E-state index in [-0.39, 0.29) is 0 Å². The van der Waals surface area contributed by atoms with Gasteiger partial charge < -0.3 is 0 Å². The fourth-order valence-electron chi connectivity index (χ4n) is 2.82. The fourth-order valence-corrected chi connectivity index (χ4v) is 3.49. The van der Waals surface area contributed by atoms with Gasteiger partial charge in [-0.25, -0.2) is 4.98 Å². The minimum absolute atomic E-state index is 0.648. The van der Waals surface area contributed by atoms with Crippen molar-refractivity contribution >= 4 is 22.7 Å². The second-order valence-electron chi connectivity index (χ2n) is 6.05. The van der Waals surface area contributed by atoms with Crippen LogP contribution in [-0.4, -0.2) is 11.2 Å². The number of nitrogens with one attached hydrogen (secondary N) is 1. The Hall–Kier alpha value is -3.75. The van der Waals surface area contributed by atoms with Crippen LogP contribution in [0.25, 0.3) is 22.4 Å². The van der Waals surface area contributed by atoms with Crippen LogP contribution in [0.1, 0.15) is 11.1 Å². The lowest BCUT2D eigenvalue weighted by atomic mass is 9.99. The number of nitriles is 1. The predicted octanol–water partition coefficient (Wildman–Crippen LogP) is 5.79. The summed E-state index contributed by atoms with van der Waals surface area (Å²) in [6.07, 6.45) is 1.79. The second-order valence-corrected chi connectivity index (χ2v) is 6.91. The van der Waals surface area contributed by atoms with Gasteiger partial charge in [0.2, 0.25) is 5.13 Å². The Balaban J connectivity index is 1.51. The average molecular weight is 380 g/mol. The third-order valence-corrected chi connectivity index (χ3v) is 4.97. The maximum atomic E-state index is 8.97. The van der Waals surface area contributed by atoms with Crippen LogP contribution in [0.4, 0.5) is 5.13 Å². The Labute approximate surface area is 167 Å². The standard InChI is InChI=1S/C23H16N4S/c24-14-17-10-12-18(13-11-17)21-9-5-4-8-20(21)15-25-27-23-26-22(16-28-23)19-6-2-1-3-7-19/h1-13,15-16H,(H,26,27). The van der Waals surface area contributed by atoms with E-state index in [1.807, 2.05) is 84.2 Å². The molecule has 0 fully saturated rings. The summed E-state index contributed by atoms with van der Waals surface area (Å²) in [5, 5.41) is 16.1. The van der Waals surface area contributed by atoms with Crippen LogP contribution in [0.3, 0.4) is 0 Å². The van der Waals surface area contributed by atoms with E-state index in [9.17, 15) is 0 Å². The minimum Gasteiger partial charge on any atom is -0.253 e. The van der Waals surface area contributed by atoms with Gasteiger partial charge in [-0.1, -0.05) is 66.7 Å². The van der Waals surface area contributed by atoms with Crippen LogP contribution in [0.15, 0.2) is 89.3 Å². The van der Waals surface area contributed by atoms with Crippen LogP contribution in [0, 0.1) is 11.3 Å². The molecule has 0 bridgehead atoms. The van der Waals surface area contributed by atoms with Crippen molar-refractivity contribution in [2.45, 2.75) is 0 Å². The van der Waals surface area contributed by atoms with E-state index in [1.165, 1.54) is 11.3 Å². The first-order valence-corrected chi connectivity index (χ1v) is 9.61.